The molecule has 0 fully saturated rings. The molecule has 0 spiro atoms. The molecule has 6 heteroatoms. The molecule has 3 rings (SSSR count). The second kappa shape index (κ2) is 5.42. The van der Waals surface area contributed by atoms with Crippen LogP contribution in [0, 0.1) is 0 Å². The van der Waals surface area contributed by atoms with Crippen molar-refractivity contribution in [2.24, 2.45) is 0 Å². The third-order valence-electron chi connectivity index (χ3n) is 2.85. The number of hydrogen-bond donors (Lipinski definition) is 2. The Kier molecular flexibility index (Phi) is 3.47. The van der Waals surface area contributed by atoms with E-state index in [1.807, 2.05) is 43.4 Å². The van der Waals surface area contributed by atoms with Crippen molar-refractivity contribution in [1.82, 2.24) is 15.0 Å². The zero-order valence-electron chi connectivity index (χ0n) is 11.2. The highest BCUT2D eigenvalue weighted by Gasteiger charge is 2.07. The predicted molar refractivity (Wildman–Crippen MR) is 80.6 cm³/mol. The Balaban J connectivity index is 1.90. The lowest BCUT2D eigenvalue weighted by molar-refractivity contribution is 0.415. The van der Waals surface area contributed by atoms with Gasteiger partial charge in [0.15, 0.2) is 5.16 Å². The Morgan fingerprint density at radius 2 is 2.10 bits per heavy atom. The van der Waals surface area contributed by atoms with E-state index in [-0.39, 0.29) is 0 Å². The van der Waals surface area contributed by atoms with Crippen LogP contribution >= 0.6 is 11.8 Å². The van der Waals surface area contributed by atoms with Crippen LogP contribution in [0.2, 0.25) is 0 Å². The molecule has 2 N–H and O–H groups in total. The van der Waals surface area contributed by atoms with Crippen molar-refractivity contribution in [2.45, 2.75) is 10.2 Å². The van der Waals surface area contributed by atoms with Crippen LogP contribution in [0.3, 0.4) is 0 Å². The zero-order valence-corrected chi connectivity index (χ0v) is 12.0. The van der Waals surface area contributed by atoms with Crippen molar-refractivity contribution in [3.8, 4) is 5.75 Å². The van der Waals surface area contributed by atoms with Gasteiger partial charge >= 0.3 is 0 Å². The van der Waals surface area contributed by atoms with Crippen molar-refractivity contribution in [1.29, 1.82) is 0 Å². The Bertz CT molecular complexity index is 741. The van der Waals surface area contributed by atoms with E-state index in [2.05, 4.69) is 20.3 Å². The molecule has 0 aliphatic carbocycles. The van der Waals surface area contributed by atoms with Crippen LogP contribution in [-0.2, 0) is 0 Å². The third kappa shape index (κ3) is 2.55. The minimum atomic E-state index is 0.813. The molecule has 2 aromatic heterocycles. The highest BCUT2D eigenvalue weighted by molar-refractivity contribution is 7.99. The number of methoxy groups -OCH3 is 1. The van der Waals surface area contributed by atoms with Gasteiger partial charge in [0.25, 0.3) is 0 Å². The van der Waals surface area contributed by atoms with Gasteiger partial charge in [-0.3, -0.25) is 0 Å². The van der Waals surface area contributed by atoms with Gasteiger partial charge < -0.3 is 15.0 Å². The van der Waals surface area contributed by atoms with Crippen molar-refractivity contribution in [3.05, 3.63) is 36.4 Å². The van der Waals surface area contributed by atoms with E-state index >= 15 is 0 Å². The molecule has 0 saturated carbocycles. The maximum atomic E-state index is 5.20. The first kappa shape index (κ1) is 12.8. The van der Waals surface area contributed by atoms with E-state index in [4.69, 9.17) is 4.74 Å². The van der Waals surface area contributed by atoms with Crippen LogP contribution < -0.4 is 10.1 Å². The number of pyridine rings is 1. The van der Waals surface area contributed by atoms with Gasteiger partial charge in [-0.25, -0.2) is 9.97 Å². The molecule has 0 radical (unpaired) electrons. The summed E-state index contributed by atoms with van der Waals surface area (Å²) in [6.07, 6.45) is 0. The van der Waals surface area contributed by atoms with Crippen LogP contribution in [0.1, 0.15) is 0 Å². The minimum absolute atomic E-state index is 0.813. The molecular formula is C14H14N4OS. The molecule has 2 heterocycles. The Labute approximate surface area is 120 Å². The number of anilines is 1. The molecule has 0 aliphatic heterocycles. The fourth-order valence-corrected chi connectivity index (χ4v) is 2.64. The molecule has 20 heavy (non-hydrogen) atoms. The summed E-state index contributed by atoms with van der Waals surface area (Å²) in [6, 6.07) is 11.6. The minimum Gasteiger partial charge on any atom is -0.497 e. The Morgan fingerprint density at radius 3 is 2.90 bits per heavy atom. The van der Waals surface area contributed by atoms with Gasteiger partial charge in [0.1, 0.15) is 16.6 Å². The van der Waals surface area contributed by atoms with Gasteiger partial charge in [0.2, 0.25) is 0 Å². The van der Waals surface area contributed by atoms with E-state index in [9.17, 15) is 0 Å². The molecule has 5 nitrogen and oxygen atoms in total. The van der Waals surface area contributed by atoms with E-state index in [1.54, 1.807) is 7.11 Å². The number of hydrogen-bond acceptors (Lipinski definition) is 5. The van der Waals surface area contributed by atoms with Crippen molar-refractivity contribution in [2.75, 3.05) is 19.5 Å². The molecule has 0 bridgehead atoms. The lowest BCUT2D eigenvalue weighted by atomic mass is 10.3. The number of nitrogens with one attached hydrogen (secondary N) is 2. The van der Waals surface area contributed by atoms with Gasteiger partial charge in [0, 0.05) is 13.1 Å². The monoisotopic (exact) mass is 286 g/mol. The van der Waals surface area contributed by atoms with Gasteiger partial charge in [0.05, 0.1) is 18.1 Å². The quantitative estimate of drug-likeness (QED) is 0.771. The Hall–Kier alpha value is -2.21. The molecule has 1 aromatic carbocycles. The summed E-state index contributed by atoms with van der Waals surface area (Å²) in [5.74, 6) is 1.65. The number of H-pyrrole nitrogens is 1. The number of rotatable bonds is 4. The number of fused-ring (bicyclic) bond motifs is 1. The number of ether oxygens (including phenoxy) is 1. The number of imidazole rings is 1. The van der Waals surface area contributed by atoms with Crippen LogP contribution in [0.5, 0.6) is 5.75 Å². The summed E-state index contributed by atoms with van der Waals surface area (Å²) in [5.41, 5.74) is 1.87. The zero-order chi connectivity index (χ0) is 13.9. The topological polar surface area (TPSA) is 62.8 Å². The third-order valence-corrected chi connectivity index (χ3v) is 3.67. The summed E-state index contributed by atoms with van der Waals surface area (Å²) in [5, 5.41) is 4.73. The SMILES string of the molecule is CNc1cccc(Sc2nc3ccc(OC)cc3[nH]2)n1. The average Bonchev–Trinajstić information content (AvgIpc) is 2.88. The number of benzene rings is 1. The summed E-state index contributed by atoms with van der Waals surface area (Å²) in [6.45, 7) is 0. The lowest BCUT2D eigenvalue weighted by Gasteiger charge is -2.01. The maximum absolute atomic E-state index is 5.20. The highest BCUT2D eigenvalue weighted by atomic mass is 32.2. The predicted octanol–water partition coefficient (Wildman–Crippen LogP) is 3.16. The molecule has 0 unspecified atom stereocenters. The normalized spacial score (nSPS) is 10.7. The molecule has 102 valence electrons. The summed E-state index contributed by atoms with van der Waals surface area (Å²) >= 11 is 1.50. The summed E-state index contributed by atoms with van der Waals surface area (Å²) < 4.78 is 5.20. The second-order valence-corrected chi connectivity index (χ2v) is 5.15. The molecular weight excluding hydrogens is 272 g/mol. The van der Waals surface area contributed by atoms with Gasteiger partial charge in [-0.2, -0.15) is 0 Å². The first-order valence-corrected chi connectivity index (χ1v) is 6.96. The summed E-state index contributed by atoms with van der Waals surface area (Å²) in [7, 11) is 3.50. The first-order valence-electron chi connectivity index (χ1n) is 6.15. The van der Waals surface area contributed by atoms with Crippen LogP contribution in [0.25, 0.3) is 11.0 Å². The van der Waals surface area contributed by atoms with E-state index in [0.717, 1.165) is 32.8 Å². The van der Waals surface area contributed by atoms with Gasteiger partial charge in [-0.15, -0.1) is 0 Å². The lowest BCUT2D eigenvalue weighted by Crippen LogP contribution is -1.92. The standard InChI is InChI=1S/C14H14N4OS/c1-15-12-4-3-5-13(18-12)20-14-16-10-7-6-9(19-2)8-11(10)17-14/h3-8H,1-2H3,(H,15,18)(H,16,17). The van der Waals surface area contributed by atoms with Crippen molar-refractivity contribution >= 4 is 28.6 Å². The molecule has 0 aliphatic rings. The Morgan fingerprint density at radius 1 is 1.20 bits per heavy atom. The van der Waals surface area contributed by atoms with E-state index < -0.39 is 0 Å². The van der Waals surface area contributed by atoms with Crippen LogP contribution in [-0.4, -0.2) is 29.1 Å². The van der Waals surface area contributed by atoms with E-state index in [1.165, 1.54) is 11.8 Å². The average molecular weight is 286 g/mol. The van der Waals surface area contributed by atoms with Crippen molar-refractivity contribution < 1.29 is 4.74 Å². The van der Waals surface area contributed by atoms with E-state index in [0.29, 0.717) is 0 Å². The van der Waals surface area contributed by atoms with Gasteiger partial charge in [-0.1, -0.05) is 6.07 Å². The number of aromatic amines is 1. The highest BCUT2D eigenvalue weighted by Crippen LogP contribution is 2.27. The first-order chi connectivity index (χ1) is 9.78. The smallest absolute Gasteiger partial charge is 0.172 e. The number of nitrogens with zero attached hydrogens (tertiary/aromatic N) is 2. The maximum Gasteiger partial charge on any atom is 0.172 e. The second-order valence-electron chi connectivity index (χ2n) is 4.14. The van der Waals surface area contributed by atoms with Crippen LogP contribution in [0.15, 0.2) is 46.6 Å². The number of aromatic nitrogens is 3. The fraction of sp³-hybridized carbons (Fsp3) is 0.143. The molecule has 0 atom stereocenters. The van der Waals surface area contributed by atoms with Crippen molar-refractivity contribution in [3.63, 3.8) is 0 Å². The molecule has 3 aromatic rings. The van der Waals surface area contributed by atoms with Crippen LogP contribution in [0.4, 0.5) is 5.82 Å². The largest absolute Gasteiger partial charge is 0.497 e. The molecule has 0 amide bonds. The molecule has 0 saturated heterocycles. The fourth-order valence-electron chi connectivity index (χ4n) is 1.85. The van der Waals surface area contributed by atoms with Gasteiger partial charge in [-0.05, 0) is 36.0 Å². The summed E-state index contributed by atoms with van der Waals surface area (Å²) in [4.78, 5) is 12.3.